The number of hydrogen-bond donors (Lipinski definition) is 5. The molecule has 260 valence electrons. The Kier molecular flexibility index (Phi) is 13.3. The van der Waals surface area contributed by atoms with Crippen LogP contribution in [0.4, 0.5) is 20.2 Å². The highest BCUT2D eigenvalue weighted by Crippen LogP contribution is 2.26. The number of carbonyl (C=O) groups is 4. The number of rotatable bonds is 5. The second-order valence-corrected chi connectivity index (χ2v) is 13.3. The number of nitrogen functional groups attached to an aromatic ring is 1. The highest BCUT2D eigenvalue weighted by molar-refractivity contribution is 6.34. The van der Waals surface area contributed by atoms with Gasteiger partial charge in [-0.25, -0.2) is 13.6 Å². The lowest BCUT2D eigenvalue weighted by Gasteiger charge is -2.18. The lowest BCUT2D eigenvalue weighted by Crippen LogP contribution is -2.18. The molecule has 15 heteroatoms. The summed E-state index contributed by atoms with van der Waals surface area (Å²) in [4.78, 5) is 52.9. The molecule has 0 fully saturated rings. The molecule has 2 aromatic heterocycles. The number of halogens is 4. The molecule has 0 aliphatic heterocycles. The average Bonchev–Trinajstić information content (AvgIpc) is 2.98. The molecule has 4 rings (SSSR count). The Bertz CT molecular complexity index is 1890. The van der Waals surface area contributed by atoms with Gasteiger partial charge in [-0.15, -0.1) is 0 Å². The zero-order chi connectivity index (χ0) is 37.4. The van der Waals surface area contributed by atoms with Crippen molar-refractivity contribution in [3.63, 3.8) is 0 Å². The number of anilines is 2. The van der Waals surface area contributed by atoms with E-state index < -0.39 is 35.3 Å². The molecule has 0 atom stereocenters. The highest BCUT2D eigenvalue weighted by Gasteiger charge is 2.20. The van der Waals surface area contributed by atoms with Gasteiger partial charge in [0, 0.05) is 46.0 Å². The van der Waals surface area contributed by atoms with Crippen molar-refractivity contribution in [3.8, 4) is 0 Å². The fourth-order valence-corrected chi connectivity index (χ4v) is 4.20. The summed E-state index contributed by atoms with van der Waals surface area (Å²) in [5.41, 5.74) is 16.7. The zero-order valence-electron chi connectivity index (χ0n) is 27.5. The van der Waals surface area contributed by atoms with Crippen LogP contribution >= 0.6 is 23.2 Å². The first-order valence-corrected chi connectivity index (χ1v) is 15.1. The van der Waals surface area contributed by atoms with Crippen LogP contribution in [0.25, 0.3) is 0 Å². The fourth-order valence-electron chi connectivity index (χ4n) is 3.73. The molecule has 2 aromatic carbocycles. The second kappa shape index (κ2) is 16.3. The van der Waals surface area contributed by atoms with Gasteiger partial charge in [0.15, 0.2) is 0 Å². The topological polar surface area (TPSA) is 204 Å². The van der Waals surface area contributed by atoms with Crippen molar-refractivity contribution in [2.24, 2.45) is 11.5 Å². The van der Waals surface area contributed by atoms with Crippen molar-refractivity contribution in [1.29, 1.82) is 0 Å². The summed E-state index contributed by atoms with van der Waals surface area (Å²) in [6.07, 6.45) is 2.68. The number of aromatic carboxylic acids is 1. The number of carboxylic acid groups (broad SMARTS) is 1. The molecule has 2 heterocycles. The number of aromatic nitrogens is 2. The number of nitrogens with two attached hydrogens (primary N) is 3. The molecule has 0 saturated heterocycles. The van der Waals surface area contributed by atoms with Gasteiger partial charge in [-0.05, 0) is 48.5 Å². The molecule has 11 nitrogen and oxygen atoms in total. The van der Waals surface area contributed by atoms with E-state index in [1.54, 1.807) is 12.1 Å². The molecule has 0 unspecified atom stereocenters. The summed E-state index contributed by atoms with van der Waals surface area (Å²) in [6.45, 7) is 11.9. The zero-order valence-corrected chi connectivity index (χ0v) is 29.0. The Morgan fingerprint density at radius 3 is 1.51 bits per heavy atom. The van der Waals surface area contributed by atoms with Crippen LogP contribution in [0, 0.1) is 11.6 Å². The van der Waals surface area contributed by atoms with E-state index in [0.717, 1.165) is 23.5 Å². The lowest BCUT2D eigenvalue weighted by molar-refractivity contribution is 0.0695. The van der Waals surface area contributed by atoms with Gasteiger partial charge >= 0.3 is 5.97 Å². The summed E-state index contributed by atoms with van der Waals surface area (Å²) in [6, 6.07) is 10.5. The summed E-state index contributed by atoms with van der Waals surface area (Å²) >= 11 is 12.0. The predicted octanol–water partition coefficient (Wildman–Crippen LogP) is 6.76. The number of pyridine rings is 2. The van der Waals surface area contributed by atoms with E-state index in [4.69, 9.17) is 45.5 Å². The molecule has 0 spiro atoms. The Morgan fingerprint density at radius 1 is 0.694 bits per heavy atom. The highest BCUT2D eigenvalue weighted by atomic mass is 35.5. The van der Waals surface area contributed by atoms with Crippen LogP contribution in [-0.4, -0.2) is 38.8 Å². The Hall–Kier alpha value is -5.14. The summed E-state index contributed by atoms with van der Waals surface area (Å²) in [5.74, 6) is -4.70. The number of nitrogens with one attached hydrogen (secondary N) is 1. The summed E-state index contributed by atoms with van der Waals surface area (Å²) in [5, 5.41) is 11.8. The van der Waals surface area contributed by atoms with Gasteiger partial charge in [0.05, 0.1) is 32.3 Å². The number of amides is 3. The smallest absolute Gasteiger partial charge is 0.338 e. The van der Waals surface area contributed by atoms with Crippen molar-refractivity contribution >= 4 is 58.3 Å². The van der Waals surface area contributed by atoms with Gasteiger partial charge in [0.1, 0.15) is 11.6 Å². The third-order valence-corrected chi connectivity index (χ3v) is 7.09. The number of benzene rings is 2. The van der Waals surface area contributed by atoms with Gasteiger partial charge in [0.25, 0.3) is 17.7 Å². The number of carbonyl (C=O) groups excluding carboxylic acids is 3. The van der Waals surface area contributed by atoms with Gasteiger partial charge in [-0.1, -0.05) is 64.7 Å². The predicted molar refractivity (Wildman–Crippen MR) is 185 cm³/mol. The van der Waals surface area contributed by atoms with E-state index in [0.29, 0.717) is 5.69 Å². The first-order chi connectivity index (χ1) is 22.5. The van der Waals surface area contributed by atoms with Gasteiger partial charge < -0.3 is 27.6 Å². The molecular formula is C34H36Cl2F2N6O5. The average molecular weight is 718 g/mol. The minimum Gasteiger partial charge on any atom is -0.478 e. The number of carboxylic acids is 1. The minimum absolute atomic E-state index is 0.0414. The fraction of sp³-hybridized carbons (Fsp3) is 0.235. The molecule has 0 radical (unpaired) electrons. The van der Waals surface area contributed by atoms with Gasteiger partial charge in [0.2, 0.25) is 0 Å². The maximum absolute atomic E-state index is 13.5. The van der Waals surface area contributed by atoms with Crippen molar-refractivity contribution in [2.75, 3.05) is 11.1 Å². The number of primary amides is 2. The van der Waals surface area contributed by atoms with E-state index in [1.165, 1.54) is 36.7 Å². The van der Waals surface area contributed by atoms with E-state index in [1.807, 2.05) is 41.5 Å². The molecule has 49 heavy (non-hydrogen) atoms. The molecular weight excluding hydrogens is 681 g/mol. The maximum atomic E-state index is 13.5. The quantitative estimate of drug-likeness (QED) is 0.139. The first kappa shape index (κ1) is 40.0. The molecule has 8 N–H and O–H groups in total. The van der Waals surface area contributed by atoms with Crippen molar-refractivity contribution in [2.45, 2.75) is 52.4 Å². The summed E-state index contributed by atoms with van der Waals surface area (Å²) < 4.78 is 26.1. The maximum Gasteiger partial charge on any atom is 0.338 e. The van der Waals surface area contributed by atoms with Crippen LogP contribution in [0.5, 0.6) is 0 Å². The van der Waals surface area contributed by atoms with Crippen LogP contribution in [0.15, 0.2) is 60.9 Å². The van der Waals surface area contributed by atoms with Gasteiger partial charge in [-0.2, -0.15) is 0 Å². The molecule has 0 bridgehead atoms. The van der Waals surface area contributed by atoms with Crippen LogP contribution in [0.2, 0.25) is 10.0 Å². The molecule has 0 saturated carbocycles. The van der Waals surface area contributed by atoms with Crippen LogP contribution in [0.1, 0.15) is 94.4 Å². The lowest BCUT2D eigenvalue weighted by atomic mass is 9.91. The van der Waals surface area contributed by atoms with E-state index >= 15 is 0 Å². The first-order valence-electron chi connectivity index (χ1n) is 14.3. The standard InChI is InChI=1S/C17H17ClFN3O2.C10H12ClNO2.C7H7FN2O/c1-17(2,3)14-7-12(18)11(8-21-14)16(24)22-9-4-5-13(19)10(6-9)15(20)23;1-10(2,3)8-4-7(11)6(5-12-8)9(13)14;8-6-2-1-4(9)3-5(6)7(10)11/h4-8H,1-3H3,(H2,20,23)(H,22,24);4-5H,1-3H3,(H,13,14);1-3H,9H2,(H2,10,11). The second-order valence-electron chi connectivity index (χ2n) is 12.5. The molecule has 0 aliphatic carbocycles. The van der Waals surface area contributed by atoms with Crippen LogP contribution < -0.4 is 22.5 Å². The van der Waals surface area contributed by atoms with E-state index in [9.17, 15) is 28.0 Å². The Morgan fingerprint density at radius 2 is 1.12 bits per heavy atom. The molecule has 0 aliphatic rings. The van der Waals surface area contributed by atoms with E-state index in [-0.39, 0.29) is 48.8 Å². The third-order valence-electron chi connectivity index (χ3n) is 6.46. The van der Waals surface area contributed by atoms with Crippen LogP contribution in [-0.2, 0) is 10.8 Å². The number of nitrogens with zero attached hydrogens (tertiary/aromatic N) is 2. The number of hydrogen-bond acceptors (Lipinski definition) is 7. The largest absolute Gasteiger partial charge is 0.478 e. The molecule has 4 aromatic rings. The molecule has 3 amide bonds. The van der Waals surface area contributed by atoms with Gasteiger partial charge in [-0.3, -0.25) is 24.4 Å². The van der Waals surface area contributed by atoms with Crippen molar-refractivity contribution < 1.29 is 33.1 Å². The van der Waals surface area contributed by atoms with Crippen molar-refractivity contribution in [3.05, 3.63) is 116 Å². The Labute approximate surface area is 291 Å². The SMILES string of the molecule is CC(C)(C)c1cc(Cl)c(C(=O)Nc2ccc(F)c(C(N)=O)c2)cn1.CC(C)(C)c1cc(Cl)c(C(=O)O)cn1.NC(=O)c1cc(N)ccc1F. The monoisotopic (exact) mass is 716 g/mol. The van der Waals surface area contributed by atoms with E-state index in [2.05, 4.69) is 15.3 Å². The summed E-state index contributed by atoms with van der Waals surface area (Å²) in [7, 11) is 0. The third kappa shape index (κ3) is 11.5. The normalized spacial score (nSPS) is 10.9. The van der Waals surface area contributed by atoms with Crippen molar-refractivity contribution in [1.82, 2.24) is 9.97 Å². The Balaban J connectivity index is 0.000000282. The van der Waals surface area contributed by atoms with Crippen LogP contribution in [0.3, 0.4) is 0 Å². The minimum atomic E-state index is -1.05.